The molecule has 1 saturated heterocycles. The topological polar surface area (TPSA) is 15.3 Å². The Kier molecular flexibility index (Phi) is 3.43. The highest BCUT2D eigenvalue weighted by atomic mass is 32.1. The number of hydrogen-bond acceptors (Lipinski definition) is 3. The molecule has 3 heteroatoms. The van der Waals surface area contributed by atoms with Crippen molar-refractivity contribution < 1.29 is 0 Å². The molecule has 78 valence electrons. The minimum atomic E-state index is 0.999. The van der Waals surface area contributed by atoms with E-state index in [2.05, 4.69) is 22.3 Å². The van der Waals surface area contributed by atoms with Crippen molar-refractivity contribution in [2.24, 2.45) is 0 Å². The lowest BCUT2D eigenvalue weighted by molar-refractivity contribution is 0.580. The number of thiophene rings is 1. The maximum atomic E-state index is 3.19. The van der Waals surface area contributed by atoms with Crippen LogP contribution in [0.25, 0.3) is 0 Å². The minimum Gasteiger partial charge on any atom is -0.363 e. The Hall–Kier alpha value is -0.540. The number of anilines is 1. The van der Waals surface area contributed by atoms with Crippen LogP contribution in [0, 0.1) is 0 Å². The number of nitrogens with one attached hydrogen (secondary N) is 1. The maximum Gasteiger partial charge on any atom is 0.0911 e. The summed E-state index contributed by atoms with van der Waals surface area (Å²) < 4.78 is 0. The monoisotopic (exact) mass is 210 g/mol. The summed E-state index contributed by atoms with van der Waals surface area (Å²) in [4.78, 5) is 3.96. The zero-order valence-corrected chi connectivity index (χ0v) is 9.57. The van der Waals surface area contributed by atoms with Crippen molar-refractivity contribution in [3.8, 4) is 0 Å². The SMILES string of the molecule is CNCc1ccc(N2CCCCC2)s1. The van der Waals surface area contributed by atoms with Crippen LogP contribution in [0.4, 0.5) is 5.00 Å². The molecular formula is C11H18N2S. The highest BCUT2D eigenvalue weighted by molar-refractivity contribution is 7.16. The molecule has 1 aliphatic heterocycles. The molecule has 1 fully saturated rings. The number of piperidine rings is 1. The van der Waals surface area contributed by atoms with Crippen molar-refractivity contribution >= 4 is 16.3 Å². The predicted octanol–water partition coefficient (Wildman–Crippen LogP) is 2.46. The van der Waals surface area contributed by atoms with E-state index in [-0.39, 0.29) is 0 Å². The van der Waals surface area contributed by atoms with Gasteiger partial charge >= 0.3 is 0 Å². The Morgan fingerprint density at radius 1 is 1.29 bits per heavy atom. The predicted molar refractivity (Wildman–Crippen MR) is 63.1 cm³/mol. The van der Waals surface area contributed by atoms with E-state index >= 15 is 0 Å². The van der Waals surface area contributed by atoms with E-state index in [1.54, 1.807) is 0 Å². The fraction of sp³-hybridized carbons (Fsp3) is 0.636. The van der Waals surface area contributed by atoms with Crippen molar-refractivity contribution in [3.05, 3.63) is 17.0 Å². The summed E-state index contributed by atoms with van der Waals surface area (Å²) in [5.74, 6) is 0. The number of hydrogen-bond donors (Lipinski definition) is 1. The molecule has 0 aliphatic carbocycles. The molecule has 2 nitrogen and oxygen atoms in total. The lowest BCUT2D eigenvalue weighted by atomic mass is 10.1. The van der Waals surface area contributed by atoms with Gasteiger partial charge in [-0.15, -0.1) is 11.3 Å². The molecular weight excluding hydrogens is 192 g/mol. The molecule has 2 rings (SSSR count). The molecule has 0 atom stereocenters. The van der Waals surface area contributed by atoms with Crippen molar-refractivity contribution in [1.82, 2.24) is 5.32 Å². The van der Waals surface area contributed by atoms with Gasteiger partial charge in [-0.2, -0.15) is 0 Å². The van der Waals surface area contributed by atoms with Gasteiger partial charge in [0.15, 0.2) is 0 Å². The van der Waals surface area contributed by atoms with Gasteiger partial charge in [0.1, 0.15) is 0 Å². The molecule has 1 aromatic rings. The van der Waals surface area contributed by atoms with E-state index < -0.39 is 0 Å². The van der Waals surface area contributed by atoms with Gasteiger partial charge in [-0.3, -0.25) is 0 Å². The normalized spacial score (nSPS) is 17.4. The van der Waals surface area contributed by atoms with Crippen molar-refractivity contribution in [2.45, 2.75) is 25.8 Å². The lowest BCUT2D eigenvalue weighted by Crippen LogP contribution is -2.28. The van der Waals surface area contributed by atoms with Crippen LogP contribution in [-0.4, -0.2) is 20.1 Å². The fourth-order valence-electron chi connectivity index (χ4n) is 1.92. The zero-order chi connectivity index (χ0) is 9.80. The van der Waals surface area contributed by atoms with Crippen LogP contribution in [0.2, 0.25) is 0 Å². The van der Waals surface area contributed by atoms with Gasteiger partial charge in [-0.1, -0.05) is 0 Å². The quantitative estimate of drug-likeness (QED) is 0.824. The van der Waals surface area contributed by atoms with Crippen LogP contribution in [0.1, 0.15) is 24.1 Å². The third kappa shape index (κ3) is 2.28. The van der Waals surface area contributed by atoms with Gasteiger partial charge in [-0.25, -0.2) is 0 Å². The van der Waals surface area contributed by atoms with Crippen molar-refractivity contribution in [2.75, 3.05) is 25.0 Å². The molecule has 1 N–H and O–H groups in total. The van der Waals surface area contributed by atoms with E-state index in [0.717, 1.165) is 6.54 Å². The molecule has 0 spiro atoms. The molecule has 0 bridgehead atoms. The van der Waals surface area contributed by atoms with Gasteiger partial charge < -0.3 is 10.2 Å². The average molecular weight is 210 g/mol. The summed E-state index contributed by atoms with van der Waals surface area (Å²) >= 11 is 1.93. The van der Waals surface area contributed by atoms with Crippen LogP contribution < -0.4 is 10.2 Å². The molecule has 0 aromatic carbocycles. The fourth-order valence-corrected chi connectivity index (χ4v) is 2.99. The molecule has 1 aliphatic rings. The van der Waals surface area contributed by atoms with Crippen LogP contribution >= 0.6 is 11.3 Å². The summed E-state index contributed by atoms with van der Waals surface area (Å²) in [5.41, 5.74) is 0. The first-order chi connectivity index (χ1) is 6.90. The zero-order valence-electron chi connectivity index (χ0n) is 8.75. The van der Waals surface area contributed by atoms with Gasteiger partial charge in [-0.05, 0) is 38.4 Å². The van der Waals surface area contributed by atoms with Gasteiger partial charge in [0.2, 0.25) is 0 Å². The molecule has 14 heavy (non-hydrogen) atoms. The van der Waals surface area contributed by atoms with Crippen molar-refractivity contribution in [3.63, 3.8) is 0 Å². The van der Waals surface area contributed by atoms with Crippen LogP contribution in [0.3, 0.4) is 0 Å². The summed E-state index contributed by atoms with van der Waals surface area (Å²) in [6.45, 7) is 3.50. The van der Waals surface area contributed by atoms with Gasteiger partial charge in [0.25, 0.3) is 0 Å². The Labute approximate surface area is 89.9 Å². The van der Waals surface area contributed by atoms with Gasteiger partial charge in [0, 0.05) is 24.5 Å². The Balaban J connectivity index is 2.00. The standard InChI is InChI=1S/C11H18N2S/c1-12-9-10-5-6-11(14-10)13-7-3-2-4-8-13/h5-6,12H,2-4,7-9H2,1H3. The smallest absolute Gasteiger partial charge is 0.0911 e. The molecule has 1 aromatic heterocycles. The first-order valence-electron chi connectivity index (χ1n) is 5.38. The summed E-state index contributed by atoms with van der Waals surface area (Å²) in [6.07, 6.45) is 4.13. The van der Waals surface area contributed by atoms with Crippen LogP contribution in [-0.2, 0) is 6.54 Å². The van der Waals surface area contributed by atoms with Crippen molar-refractivity contribution in [1.29, 1.82) is 0 Å². The highest BCUT2D eigenvalue weighted by Gasteiger charge is 2.12. The second kappa shape index (κ2) is 4.80. The summed E-state index contributed by atoms with van der Waals surface area (Å²) in [7, 11) is 2.00. The number of rotatable bonds is 3. The maximum absolute atomic E-state index is 3.19. The Morgan fingerprint density at radius 3 is 2.79 bits per heavy atom. The minimum absolute atomic E-state index is 0.999. The third-order valence-corrected chi connectivity index (χ3v) is 3.81. The van der Waals surface area contributed by atoms with Gasteiger partial charge in [0.05, 0.1) is 5.00 Å². The number of nitrogens with zero attached hydrogens (tertiary/aromatic N) is 1. The van der Waals surface area contributed by atoms with E-state index in [4.69, 9.17) is 0 Å². The van der Waals surface area contributed by atoms with E-state index in [9.17, 15) is 0 Å². The highest BCUT2D eigenvalue weighted by Crippen LogP contribution is 2.28. The first kappa shape index (κ1) is 9.99. The third-order valence-electron chi connectivity index (χ3n) is 2.67. The second-order valence-corrected chi connectivity index (χ2v) is 4.96. The lowest BCUT2D eigenvalue weighted by Gasteiger charge is -2.27. The summed E-state index contributed by atoms with van der Waals surface area (Å²) in [5, 5.41) is 4.65. The Morgan fingerprint density at radius 2 is 2.07 bits per heavy atom. The Bertz CT molecular complexity index is 277. The molecule has 0 unspecified atom stereocenters. The molecule has 0 radical (unpaired) electrons. The van der Waals surface area contributed by atoms with E-state index in [1.807, 2.05) is 18.4 Å². The van der Waals surface area contributed by atoms with E-state index in [1.165, 1.54) is 42.2 Å². The van der Waals surface area contributed by atoms with Crippen LogP contribution in [0.5, 0.6) is 0 Å². The summed E-state index contributed by atoms with van der Waals surface area (Å²) in [6, 6.07) is 4.51. The first-order valence-corrected chi connectivity index (χ1v) is 6.20. The van der Waals surface area contributed by atoms with E-state index in [0.29, 0.717) is 0 Å². The second-order valence-electron chi connectivity index (χ2n) is 3.82. The average Bonchev–Trinajstić information content (AvgIpc) is 2.68. The largest absolute Gasteiger partial charge is 0.363 e. The van der Waals surface area contributed by atoms with Crippen LogP contribution in [0.15, 0.2) is 12.1 Å². The molecule has 0 saturated carbocycles. The molecule has 0 amide bonds. The molecule has 2 heterocycles.